The lowest BCUT2D eigenvalue weighted by Gasteiger charge is -2.22. The number of ether oxygens (including phenoxy) is 1. The van der Waals surface area contributed by atoms with Crippen LogP contribution in [-0.2, 0) is 21.1 Å². The minimum atomic E-state index is -3.41. The van der Waals surface area contributed by atoms with E-state index in [9.17, 15) is 13.2 Å². The van der Waals surface area contributed by atoms with Crippen LogP contribution in [0.2, 0.25) is 0 Å². The Hall–Kier alpha value is -2.78. The van der Waals surface area contributed by atoms with Crippen LogP contribution in [0.5, 0.6) is 0 Å². The van der Waals surface area contributed by atoms with Gasteiger partial charge in [0.15, 0.2) is 9.84 Å². The van der Waals surface area contributed by atoms with Gasteiger partial charge < -0.3 is 14.5 Å². The molecule has 0 radical (unpaired) electrons. The first-order valence-electron chi connectivity index (χ1n) is 9.01. The van der Waals surface area contributed by atoms with E-state index in [1.165, 1.54) is 6.20 Å². The zero-order valence-electron chi connectivity index (χ0n) is 15.1. The molecule has 0 bridgehead atoms. The maximum atomic E-state index is 12.7. The maximum Gasteiger partial charge on any atom is 0.253 e. The average Bonchev–Trinajstić information content (AvgIpc) is 3.21. The summed E-state index contributed by atoms with van der Waals surface area (Å²) in [5.41, 5.74) is 1.85. The number of rotatable bonds is 5. The van der Waals surface area contributed by atoms with Crippen molar-refractivity contribution < 1.29 is 17.9 Å². The summed E-state index contributed by atoms with van der Waals surface area (Å²) in [6.07, 6.45) is 7.50. The SMILES string of the molecule is O=C(NCc1ccc(S(=O)(=O)C2CCOCC2)cn1)c1ccc2nccn2c1. The summed E-state index contributed by atoms with van der Waals surface area (Å²) >= 11 is 0. The second-order valence-corrected chi connectivity index (χ2v) is 8.86. The highest BCUT2D eigenvalue weighted by molar-refractivity contribution is 7.92. The molecule has 28 heavy (non-hydrogen) atoms. The van der Waals surface area contributed by atoms with Crippen molar-refractivity contribution in [1.82, 2.24) is 19.7 Å². The number of imidazole rings is 1. The Labute approximate surface area is 162 Å². The Balaban J connectivity index is 1.40. The second-order valence-electron chi connectivity index (χ2n) is 6.64. The molecule has 0 saturated carbocycles. The third-order valence-electron chi connectivity index (χ3n) is 4.81. The summed E-state index contributed by atoms with van der Waals surface area (Å²) in [5.74, 6) is -0.240. The van der Waals surface area contributed by atoms with Crippen molar-refractivity contribution >= 4 is 21.4 Å². The molecule has 9 heteroatoms. The summed E-state index contributed by atoms with van der Waals surface area (Å²) in [7, 11) is -3.41. The summed E-state index contributed by atoms with van der Waals surface area (Å²) in [6.45, 7) is 1.14. The fraction of sp³-hybridized carbons (Fsp3) is 0.316. The first kappa shape index (κ1) is 18.6. The topological polar surface area (TPSA) is 103 Å². The Morgan fingerprint density at radius 1 is 1.18 bits per heavy atom. The predicted octanol–water partition coefficient (Wildman–Crippen LogP) is 1.61. The van der Waals surface area contributed by atoms with Crippen molar-refractivity contribution in [1.29, 1.82) is 0 Å². The number of carbonyl (C=O) groups is 1. The van der Waals surface area contributed by atoms with Crippen LogP contribution in [0.3, 0.4) is 0 Å². The van der Waals surface area contributed by atoms with Gasteiger partial charge in [-0.05, 0) is 37.1 Å². The van der Waals surface area contributed by atoms with Crippen molar-refractivity contribution in [3.63, 3.8) is 0 Å². The lowest BCUT2D eigenvalue weighted by Crippen LogP contribution is -2.29. The third-order valence-corrected chi connectivity index (χ3v) is 7.06. The number of aromatic nitrogens is 3. The number of hydrogen-bond donors (Lipinski definition) is 1. The van der Waals surface area contributed by atoms with Gasteiger partial charge in [0.25, 0.3) is 5.91 Å². The van der Waals surface area contributed by atoms with E-state index in [-0.39, 0.29) is 17.3 Å². The number of nitrogens with one attached hydrogen (secondary N) is 1. The van der Waals surface area contributed by atoms with Crippen molar-refractivity contribution in [2.24, 2.45) is 0 Å². The van der Waals surface area contributed by atoms with Gasteiger partial charge >= 0.3 is 0 Å². The van der Waals surface area contributed by atoms with Gasteiger partial charge in [0.1, 0.15) is 5.65 Å². The molecule has 0 atom stereocenters. The molecule has 4 rings (SSSR count). The fourth-order valence-corrected chi connectivity index (χ4v) is 4.85. The summed E-state index contributed by atoms with van der Waals surface area (Å²) in [5, 5.41) is 2.37. The van der Waals surface area contributed by atoms with E-state index in [1.54, 1.807) is 47.3 Å². The van der Waals surface area contributed by atoms with Gasteiger partial charge in [0.2, 0.25) is 0 Å². The molecule has 1 saturated heterocycles. The average molecular weight is 400 g/mol. The van der Waals surface area contributed by atoms with Crippen LogP contribution in [0.1, 0.15) is 28.9 Å². The molecule has 8 nitrogen and oxygen atoms in total. The number of amides is 1. The van der Waals surface area contributed by atoms with Gasteiger partial charge in [-0.2, -0.15) is 0 Å². The van der Waals surface area contributed by atoms with Crippen LogP contribution < -0.4 is 5.32 Å². The van der Waals surface area contributed by atoms with Crippen LogP contribution >= 0.6 is 0 Å². The van der Waals surface area contributed by atoms with Gasteiger partial charge in [-0.25, -0.2) is 13.4 Å². The smallest absolute Gasteiger partial charge is 0.253 e. The summed E-state index contributed by atoms with van der Waals surface area (Å²) in [4.78, 5) is 20.9. The molecule has 4 heterocycles. The van der Waals surface area contributed by atoms with E-state index in [1.807, 2.05) is 0 Å². The molecule has 0 aliphatic carbocycles. The van der Waals surface area contributed by atoms with E-state index in [4.69, 9.17) is 4.74 Å². The largest absolute Gasteiger partial charge is 0.381 e. The van der Waals surface area contributed by atoms with E-state index in [0.29, 0.717) is 37.3 Å². The van der Waals surface area contributed by atoms with Crippen LogP contribution in [0.4, 0.5) is 0 Å². The van der Waals surface area contributed by atoms with Gasteiger partial charge in [-0.1, -0.05) is 0 Å². The monoisotopic (exact) mass is 400 g/mol. The first-order chi connectivity index (χ1) is 13.5. The number of sulfone groups is 1. The van der Waals surface area contributed by atoms with Crippen molar-refractivity contribution in [3.05, 3.63) is 60.3 Å². The lowest BCUT2D eigenvalue weighted by atomic mass is 10.2. The maximum absolute atomic E-state index is 12.7. The Kier molecular flexibility index (Phi) is 5.10. The molecule has 3 aromatic rings. The highest BCUT2D eigenvalue weighted by Crippen LogP contribution is 2.23. The number of fused-ring (bicyclic) bond motifs is 1. The number of nitrogens with zero attached hydrogens (tertiary/aromatic N) is 3. The zero-order valence-corrected chi connectivity index (χ0v) is 15.9. The van der Waals surface area contributed by atoms with Crippen molar-refractivity contribution in [2.45, 2.75) is 29.5 Å². The Morgan fingerprint density at radius 3 is 2.75 bits per heavy atom. The normalized spacial score (nSPS) is 15.6. The molecule has 0 spiro atoms. The van der Waals surface area contributed by atoms with Crippen LogP contribution in [0.15, 0.2) is 53.9 Å². The molecule has 146 valence electrons. The van der Waals surface area contributed by atoms with E-state index in [2.05, 4.69) is 15.3 Å². The summed E-state index contributed by atoms with van der Waals surface area (Å²) in [6, 6.07) is 6.65. The molecule has 1 amide bonds. The molecule has 1 aliphatic heterocycles. The molecule has 0 unspecified atom stereocenters. The predicted molar refractivity (Wildman–Crippen MR) is 102 cm³/mol. The molecule has 1 N–H and O–H groups in total. The highest BCUT2D eigenvalue weighted by Gasteiger charge is 2.29. The van der Waals surface area contributed by atoms with Crippen LogP contribution in [0.25, 0.3) is 5.65 Å². The molecule has 3 aromatic heterocycles. The van der Waals surface area contributed by atoms with Crippen LogP contribution in [0, 0.1) is 0 Å². The Morgan fingerprint density at radius 2 is 2.00 bits per heavy atom. The summed E-state index contributed by atoms with van der Waals surface area (Å²) < 4.78 is 32.3. The molecule has 1 aliphatic rings. The van der Waals surface area contributed by atoms with Gasteiger partial charge in [-0.3, -0.25) is 9.78 Å². The first-order valence-corrected chi connectivity index (χ1v) is 10.6. The van der Waals surface area contributed by atoms with E-state index in [0.717, 1.165) is 5.65 Å². The van der Waals surface area contributed by atoms with Crippen molar-refractivity contribution in [2.75, 3.05) is 13.2 Å². The minimum Gasteiger partial charge on any atom is -0.381 e. The quantitative estimate of drug-likeness (QED) is 0.698. The van der Waals surface area contributed by atoms with E-state index < -0.39 is 15.1 Å². The zero-order chi connectivity index (χ0) is 19.6. The fourth-order valence-electron chi connectivity index (χ4n) is 3.19. The van der Waals surface area contributed by atoms with Crippen molar-refractivity contribution in [3.8, 4) is 0 Å². The van der Waals surface area contributed by atoms with Gasteiger partial charge in [0.05, 0.1) is 27.9 Å². The molecule has 1 fully saturated rings. The van der Waals surface area contributed by atoms with Gasteiger partial charge in [-0.15, -0.1) is 0 Å². The highest BCUT2D eigenvalue weighted by atomic mass is 32.2. The number of carbonyl (C=O) groups excluding carboxylic acids is 1. The van der Waals surface area contributed by atoms with Crippen LogP contribution in [-0.4, -0.2) is 47.2 Å². The number of hydrogen-bond acceptors (Lipinski definition) is 6. The van der Waals surface area contributed by atoms with E-state index >= 15 is 0 Å². The Bertz CT molecular complexity index is 1090. The standard InChI is InChI=1S/C19H20N4O4S/c24-19(14-1-4-18-20-7-8-23(18)13-14)22-11-15-2-3-17(12-21-15)28(25,26)16-5-9-27-10-6-16/h1-4,7-8,12-13,16H,5-6,9-11H2,(H,22,24). The minimum absolute atomic E-state index is 0.207. The molecular formula is C19H20N4O4S. The number of pyridine rings is 2. The molecular weight excluding hydrogens is 380 g/mol. The van der Waals surface area contributed by atoms with Gasteiger partial charge in [0, 0.05) is 38.0 Å². The molecule has 0 aromatic carbocycles. The lowest BCUT2D eigenvalue weighted by molar-refractivity contribution is 0.0950. The second kappa shape index (κ2) is 7.69. The third kappa shape index (κ3) is 3.76.